The molecule has 0 N–H and O–H groups in total. The number of halogens is 3. The molecule has 2 heterocycles. The second-order valence-electron chi connectivity index (χ2n) is 6.82. The maximum Gasteiger partial charge on any atom is 0.416 e. The summed E-state index contributed by atoms with van der Waals surface area (Å²) < 4.78 is 45.9. The molecule has 0 bridgehead atoms. The van der Waals surface area contributed by atoms with Crippen molar-refractivity contribution in [3.05, 3.63) is 68.4 Å². The number of hydrogen-bond donors (Lipinski definition) is 0. The third kappa shape index (κ3) is 4.30. The zero-order valence-corrected chi connectivity index (χ0v) is 17.6. The van der Waals surface area contributed by atoms with E-state index in [0.717, 1.165) is 17.1 Å². The Kier molecular flexibility index (Phi) is 5.85. The largest absolute Gasteiger partial charge is 0.453 e. The molecule has 0 fully saturated rings. The first-order valence-electron chi connectivity index (χ1n) is 9.00. The average molecular weight is 436 g/mol. The van der Waals surface area contributed by atoms with E-state index in [4.69, 9.17) is 4.74 Å². The number of hydrogen-bond acceptors (Lipinski definition) is 5. The van der Waals surface area contributed by atoms with E-state index < -0.39 is 30.1 Å². The predicted molar refractivity (Wildman–Crippen MR) is 106 cm³/mol. The number of aromatic nitrogens is 2. The highest BCUT2D eigenvalue weighted by atomic mass is 32.1. The number of carbonyl (C=O) groups excluding carboxylic acids is 2. The SMILES string of the molecule is Cc1nc(C)c(C(=O)OCC(=O)c2cc(C)n(-c3cccc(C(F)(F)F)c3)c2C)s1. The van der Waals surface area contributed by atoms with Gasteiger partial charge in [0.2, 0.25) is 5.78 Å². The maximum absolute atomic E-state index is 13.0. The van der Waals surface area contributed by atoms with Gasteiger partial charge < -0.3 is 9.30 Å². The monoisotopic (exact) mass is 436 g/mol. The Bertz CT molecular complexity index is 1130. The number of ketones is 1. The van der Waals surface area contributed by atoms with Crippen molar-refractivity contribution >= 4 is 23.1 Å². The molecule has 0 radical (unpaired) electrons. The number of thiazole rings is 1. The smallest absolute Gasteiger partial charge is 0.416 e. The van der Waals surface area contributed by atoms with Crippen molar-refractivity contribution < 1.29 is 27.5 Å². The predicted octanol–water partition coefficient (Wildman–Crippen LogP) is 5.23. The molecule has 3 aromatic rings. The summed E-state index contributed by atoms with van der Waals surface area (Å²) in [5, 5.41) is 0.718. The van der Waals surface area contributed by atoms with Gasteiger partial charge in [-0.1, -0.05) is 6.07 Å². The van der Waals surface area contributed by atoms with Crippen molar-refractivity contribution in [1.29, 1.82) is 0 Å². The molecule has 0 aliphatic rings. The van der Waals surface area contributed by atoms with Gasteiger partial charge in [0.1, 0.15) is 4.88 Å². The normalized spacial score (nSPS) is 11.6. The van der Waals surface area contributed by atoms with Crippen LogP contribution in [0.2, 0.25) is 0 Å². The molecule has 3 rings (SSSR count). The Labute approximate surface area is 175 Å². The van der Waals surface area contributed by atoms with Gasteiger partial charge >= 0.3 is 12.1 Å². The Morgan fingerprint density at radius 1 is 1.13 bits per heavy atom. The number of esters is 1. The molecule has 0 aliphatic heterocycles. The Hall–Kier alpha value is -2.94. The van der Waals surface area contributed by atoms with Gasteiger partial charge in [-0.15, -0.1) is 11.3 Å². The minimum atomic E-state index is -4.47. The topological polar surface area (TPSA) is 61.2 Å². The van der Waals surface area contributed by atoms with Gasteiger partial charge in [0, 0.05) is 22.6 Å². The Morgan fingerprint density at radius 3 is 2.43 bits per heavy atom. The summed E-state index contributed by atoms with van der Waals surface area (Å²) in [6.07, 6.45) is -4.47. The highest BCUT2D eigenvalue weighted by molar-refractivity contribution is 7.13. The number of rotatable bonds is 5. The van der Waals surface area contributed by atoms with E-state index in [0.29, 0.717) is 27.6 Å². The maximum atomic E-state index is 13.0. The fourth-order valence-electron chi connectivity index (χ4n) is 3.26. The molecule has 1 aromatic carbocycles. The lowest BCUT2D eigenvalue weighted by Crippen LogP contribution is -2.15. The second-order valence-corrected chi connectivity index (χ2v) is 8.02. The van der Waals surface area contributed by atoms with Crippen LogP contribution in [-0.4, -0.2) is 27.9 Å². The minimum absolute atomic E-state index is 0.287. The summed E-state index contributed by atoms with van der Waals surface area (Å²) in [5.74, 6) is -1.06. The number of ether oxygens (including phenoxy) is 1. The van der Waals surface area contributed by atoms with Crippen LogP contribution in [0.25, 0.3) is 5.69 Å². The van der Waals surface area contributed by atoms with E-state index in [1.807, 2.05) is 0 Å². The molecule has 0 spiro atoms. The lowest BCUT2D eigenvalue weighted by molar-refractivity contribution is -0.137. The molecule has 158 valence electrons. The van der Waals surface area contributed by atoms with E-state index in [-0.39, 0.29) is 5.56 Å². The summed E-state index contributed by atoms with van der Waals surface area (Å²) in [5.41, 5.74) is 1.41. The first kappa shape index (κ1) is 21.8. The van der Waals surface area contributed by atoms with Gasteiger partial charge in [-0.05, 0) is 52.0 Å². The molecule has 0 aliphatic carbocycles. The molecule has 0 amide bonds. The van der Waals surface area contributed by atoms with Crippen LogP contribution in [0.4, 0.5) is 13.2 Å². The van der Waals surface area contributed by atoms with Crippen LogP contribution in [0.1, 0.15) is 47.7 Å². The minimum Gasteiger partial charge on any atom is -0.453 e. The van der Waals surface area contributed by atoms with E-state index in [2.05, 4.69) is 4.98 Å². The van der Waals surface area contributed by atoms with Gasteiger partial charge in [0.05, 0.1) is 16.3 Å². The number of aryl methyl sites for hydroxylation is 3. The summed E-state index contributed by atoms with van der Waals surface area (Å²) in [6.45, 7) is 6.31. The summed E-state index contributed by atoms with van der Waals surface area (Å²) in [6, 6.07) is 6.46. The second kappa shape index (κ2) is 8.06. The Morgan fingerprint density at radius 2 is 1.83 bits per heavy atom. The van der Waals surface area contributed by atoms with Gasteiger partial charge in [0.25, 0.3) is 0 Å². The van der Waals surface area contributed by atoms with Gasteiger partial charge in [-0.3, -0.25) is 4.79 Å². The standard InChI is InChI=1S/C21H19F3N2O3S/c1-11-8-17(18(27)10-29-20(28)19-12(2)25-14(4)30-19)13(3)26(11)16-7-5-6-15(9-16)21(22,23)24/h5-9H,10H2,1-4H3. The lowest BCUT2D eigenvalue weighted by Gasteiger charge is -2.13. The number of Topliss-reactive ketones (excluding diaryl/α,β-unsaturated/α-hetero) is 1. The van der Waals surface area contributed by atoms with Crippen LogP contribution >= 0.6 is 11.3 Å². The molecule has 0 saturated heterocycles. The van der Waals surface area contributed by atoms with E-state index in [9.17, 15) is 22.8 Å². The molecular formula is C21H19F3N2O3S. The quantitative estimate of drug-likeness (QED) is 0.406. The van der Waals surface area contributed by atoms with Crippen molar-refractivity contribution in [3.8, 4) is 5.69 Å². The van der Waals surface area contributed by atoms with Crippen molar-refractivity contribution in [2.45, 2.75) is 33.9 Å². The van der Waals surface area contributed by atoms with Crippen LogP contribution in [0, 0.1) is 27.7 Å². The summed E-state index contributed by atoms with van der Waals surface area (Å²) in [7, 11) is 0. The first-order valence-corrected chi connectivity index (χ1v) is 9.81. The number of alkyl halides is 3. The van der Waals surface area contributed by atoms with Crippen LogP contribution in [-0.2, 0) is 10.9 Å². The summed E-state index contributed by atoms with van der Waals surface area (Å²) in [4.78, 5) is 29.3. The zero-order valence-electron chi connectivity index (χ0n) is 16.8. The van der Waals surface area contributed by atoms with Crippen molar-refractivity contribution in [1.82, 2.24) is 9.55 Å². The third-order valence-corrected chi connectivity index (χ3v) is 5.64. The van der Waals surface area contributed by atoms with Crippen LogP contribution < -0.4 is 0 Å². The third-order valence-electron chi connectivity index (χ3n) is 4.59. The van der Waals surface area contributed by atoms with Gasteiger partial charge in [-0.2, -0.15) is 13.2 Å². The van der Waals surface area contributed by atoms with Crippen LogP contribution in [0.15, 0.2) is 30.3 Å². The molecule has 9 heteroatoms. The van der Waals surface area contributed by atoms with Crippen molar-refractivity contribution in [2.24, 2.45) is 0 Å². The molecule has 0 saturated carbocycles. The molecule has 30 heavy (non-hydrogen) atoms. The summed E-state index contributed by atoms with van der Waals surface area (Å²) >= 11 is 1.19. The van der Waals surface area contributed by atoms with E-state index in [1.165, 1.54) is 17.4 Å². The highest BCUT2D eigenvalue weighted by Crippen LogP contribution is 2.31. The molecule has 5 nitrogen and oxygen atoms in total. The first-order chi connectivity index (χ1) is 14.0. The number of benzene rings is 1. The molecule has 2 aromatic heterocycles. The zero-order chi connectivity index (χ0) is 22.2. The van der Waals surface area contributed by atoms with Crippen molar-refractivity contribution in [3.63, 3.8) is 0 Å². The molecule has 0 atom stereocenters. The fourth-order valence-corrected chi connectivity index (χ4v) is 4.07. The van der Waals surface area contributed by atoms with Gasteiger partial charge in [-0.25, -0.2) is 9.78 Å². The lowest BCUT2D eigenvalue weighted by atomic mass is 10.1. The Balaban J connectivity index is 1.82. The van der Waals surface area contributed by atoms with Gasteiger partial charge in [0.15, 0.2) is 6.61 Å². The number of carbonyl (C=O) groups is 2. The molecular weight excluding hydrogens is 417 g/mol. The van der Waals surface area contributed by atoms with Crippen molar-refractivity contribution in [2.75, 3.05) is 6.61 Å². The molecule has 0 unspecified atom stereocenters. The van der Waals surface area contributed by atoms with E-state index >= 15 is 0 Å². The van der Waals surface area contributed by atoms with Crippen LogP contribution in [0.3, 0.4) is 0 Å². The van der Waals surface area contributed by atoms with E-state index in [1.54, 1.807) is 44.4 Å². The highest BCUT2D eigenvalue weighted by Gasteiger charge is 2.31. The fraction of sp³-hybridized carbons (Fsp3) is 0.286. The average Bonchev–Trinajstić information content (AvgIpc) is 3.16. The van der Waals surface area contributed by atoms with Crippen LogP contribution in [0.5, 0.6) is 0 Å². The number of nitrogens with zero attached hydrogens (tertiary/aromatic N) is 2.